The van der Waals surface area contributed by atoms with Gasteiger partial charge in [0.05, 0.1) is 0 Å². The van der Waals surface area contributed by atoms with Gasteiger partial charge in [-0.05, 0) is 30.6 Å². The van der Waals surface area contributed by atoms with Crippen molar-refractivity contribution in [1.29, 1.82) is 0 Å². The van der Waals surface area contributed by atoms with Crippen LogP contribution in [0.1, 0.15) is 33.1 Å². The molecule has 3 heteroatoms. The molecule has 3 aliphatic rings. The molecule has 3 atom stereocenters. The van der Waals surface area contributed by atoms with Gasteiger partial charge >= 0.3 is 5.97 Å². The number of hydrogen-bond donors (Lipinski definition) is 2. The summed E-state index contributed by atoms with van der Waals surface area (Å²) < 4.78 is 0. The van der Waals surface area contributed by atoms with Crippen molar-refractivity contribution in [2.24, 2.45) is 17.3 Å². The van der Waals surface area contributed by atoms with Crippen molar-refractivity contribution < 1.29 is 15.0 Å². The molecule has 74 valence electrons. The molecule has 0 aliphatic heterocycles. The van der Waals surface area contributed by atoms with E-state index in [0.717, 1.165) is 12.8 Å². The van der Waals surface area contributed by atoms with E-state index in [-0.39, 0.29) is 11.3 Å². The highest BCUT2D eigenvalue weighted by Gasteiger charge is 2.63. The Hall–Kier alpha value is -0.570. The minimum Gasteiger partial charge on any atom is -0.479 e. The topological polar surface area (TPSA) is 57.5 Å². The van der Waals surface area contributed by atoms with Gasteiger partial charge in [0.2, 0.25) is 0 Å². The molecule has 0 spiro atoms. The van der Waals surface area contributed by atoms with Crippen LogP contribution in [0.5, 0.6) is 0 Å². The Balaban J connectivity index is 2.29. The Kier molecular flexibility index (Phi) is 1.57. The lowest BCUT2D eigenvalue weighted by molar-refractivity contribution is -0.217. The predicted octanol–water partition coefficient (Wildman–Crippen LogP) is 1.26. The number of fused-ring (bicyclic) bond motifs is 2. The van der Waals surface area contributed by atoms with Gasteiger partial charge in [-0.25, -0.2) is 4.79 Å². The van der Waals surface area contributed by atoms with Gasteiger partial charge in [-0.15, -0.1) is 0 Å². The smallest absolute Gasteiger partial charge is 0.335 e. The zero-order valence-electron chi connectivity index (χ0n) is 8.08. The van der Waals surface area contributed by atoms with Gasteiger partial charge in [0.15, 0.2) is 5.60 Å². The monoisotopic (exact) mass is 184 g/mol. The van der Waals surface area contributed by atoms with E-state index in [0.29, 0.717) is 12.3 Å². The third-order valence-electron chi connectivity index (χ3n) is 4.29. The Bertz CT molecular complexity index is 257. The summed E-state index contributed by atoms with van der Waals surface area (Å²) >= 11 is 0. The summed E-state index contributed by atoms with van der Waals surface area (Å²) in [5.74, 6) is -0.461. The molecule has 2 N–H and O–H groups in total. The number of rotatable bonds is 1. The third kappa shape index (κ3) is 0.909. The zero-order chi connectivity index (χ0) is 9.85. The number of carboxylic acid groups (broad SMARTS) is 1. The minimum absolute atomic E-state index is 0.0192. The van der Waals surface area contributed by atoms with Crippen LogP contribution in [0.4, 0.5) is 0 Å². The second-order valence-electron chi connectivity index (χ2n) is 5.07. The van der Waals surface area contributed by atoms with Crippen molar-refractivity contribution in [1.82, 2.24) is 0 Å². The number of carbonyl (C=O) groups is 1. The molecule has 3 aliphatic carbocycles. The maximum atomic E-state index is 10.9. The predicted molar refractivity (Wildman–Crippen MR) is 47.2 cm³/mol. The summed E-state index contributed by atoms with van der Waals surface area (Å²) in [5, 5.41) is 19.0. The van der Waals surface area contributed by atoms with Gasteiger partial charge in [0.1, 0.15) is 0 Å². The first kappa shape index (κ1) is 9.00. The van der Waals surface area contributed by atoms with Crippen molar-refractivity contribution in [2.75, 3.05) is 0 Å². The maximum absolute atomic E-state index is 10.9. The number of hydrogen-bond acceptors (Lipinski definition) is 2. The van der Waals surface area contributed by atoms with E-state index < -0.39 is 11.6 Å². The van der Waals surface area contributed by atoms with Gasteiger partial charge in [-0.1, -0.05) is 13.8 Å². The first-order chi connectivity index (χ1) is 5.89. The van der Waals surface area contributed by atoms with E-state index in [1.807, 2.05) is 0 Å². The van der Waals surface area contributed by atoms with E-state index in [1.165, 1.54) is 0 Å². The van der Waals surface area contributed by atoms with Crippen LogP contribution in [-0.2, 0) is 4.79 Å². The molecule has 0 aromatic heterocycles. The molecule has 0 heterocycles. The highest BCUT2D eigenvalue weighted by atomic mass is 16.4. The number of carboxylic acids is 1. The van der Waals surface area contributed by atoms with Crippen LogP contribution in [0.2, 0.25) is 0 Å². The average Bonchev–Trinajstić information content (AvgIpc) is 2.03. The summed E-state index contributed by atoms with van der Waals surface area (Å²) in [6, 6.07) is 0. The molecule has 0 amide bonds. The van der Waals surface area contributed by atoms with E-state index in [4.69, 9.17) is 5.11 Å². The molecular weight excluding hydrogens is 168 g/mol. The van der Waals surface area contributed by atoms with E-state index in [2.05, 4.69) is 13.8 Å². The van der Waals surface area contributed by atoms with Crippen LogP contribution in [0.15, 0.2) is 0 Å². The highest BCUT2D eigenvalue weighted by Crippen LogP contribution is 2.62. The first-order valence-corrected chi connectivity index (χ1v) is 4.85. The lowest BCUT2D eigenvalue weighted by Gasteiger charge is -2.61. The van der Waals surface area contributed by atoms with Gasteiger partial charge in [0.25, 0.3) is 0 Å². The van der Waals surface area contributed by atoms with Crippen molar-refractivity contribution in [3.63, 3.8) is 0 Å². The molecule has 0 unspecified atom stereocenters. The molecule has 3 fully saturated rings. The lowest BCUT2D eigenvalue weighted by Crippen LogP contribution is -2.64. The summed E-state index contributed by atoms with van der Waals surface area (Å²) in [7, 11) is 0. The molecule has 0 aromatic rings. The lowest BCUT2D eigenvalue weighted by atomic mass is 9.44. The Morgan fingerprint density at radius 1 is 1.46 bits per heavy atom. The Morgan fingerprint density at radius 2 is 2.08 bits per heavy atom. The fourth-order valence-corrected chi connectivity index (χ4v) is 3.14. The molecular formula is C10H16O3. The molecule has 3 nitrogen and oxygen atoms in total. The molecule has 3 saturated carbocycles. The fourth-order valence-electron chi connectivity index (χ4n) is 3.14. The summed E-state index contributed by atoms with van der Waals surface area (Å²) in [5.41, 5.74) is -1.43. The van der Waals surface area contributed by atoms with E-state index in [9.17, 15) is 9.90 Å². The van der Waals surface area contributed by atoms with Crippen LogP contribution in [0, 0.1) is 17.3 Å². The molecule has 13 heavy (non-hydrogen) atoms. The number of aliphatic hydroxyl groups is 1. The summed E-state index contributed by atoms with van der Waals surface area (Å²) in [6.45, 7) is 4.14. The zero-order valence-corrected chi connectivity index (χ0v) is 8.08. The Morgan fingerprint density at radius 3 is 2.38 bits per heavy atom. The van der Waals surface area contributed by atoms with Crippen LogP contribution < -0.4 is 0 Å². The molecule has 3 rings (SSSR count). The van der Waals surface area contributed by atoms with Crippen molar-refractivity contribution >= 4 is 5.97 Å². The van der Waals surface area contributed by atoms with Gasteiger partial charge in [0, 0.05) is 5.92 Å². The van der Waals surface area contributed by atoms with Gasteiger partial charge < -0.3 is 10.2 Å². The van der Waals surface area contributed by atoms with Crippen molar-refractivity contribution in [2.45, 2.75) is 38.7 Å². The SMILES string of the molecule is CC1(C)[C@H]2CC[C@](O)(C(=O)O)[C@@H]1C2. The number of aliphatic carboxylic acids is 1. The quantitative estimate of drug-likeness (QED) is 0.645. The highest BCUT2D eigenvalue weighted by molar-refractivity contribution is 5.78. The molecule has 2 bridgehead atoms. The van der Waals surface area contributed by atoms with Crippen molar-refractivity contribution in [3.05, 3.63) is 0 Å². The third-order valence-corrected chi connectivity index (χ3v) is 4.29. The summed E-state index contributed by atoms with van der Waals surface area (Å²) in [4.78, 5) is 10.9. The average molecular weight is 184 g/mol. The van der Waals surface area contributed by atoms with Gasteiger partial charge in [-0.3, -0.25) is 0 Å². The van der Waals surface area contributed by atoms with Crippen LogP contribution in [0.25, 0.3) is 0 Å². The Labute approximate surface area is 77.8 Å². The molecule has 0 saturated heterocycles. The van der Waals surface area contributed by atoms with Gasteiger partial charge in [-0.2, -0.15) is 0 Å². The second-order valence-corrected chi connectivity index (χ2v) is 5.07. The molecule has 0 radical (unpaired) electrons. The maximum Gasteiger partial charge on any atom is 0.335 e. The second kappa shape index (κ2) is 2.27. The van der Waals surface area contributed by atoms with Crippen molar-refractivity contribution in [3.8, 4) is 0 Å². The minimum atomic E-state index is -1.45. The normalized spacial score (nSPS) is 46.7. The van der Waals surface area contributed by atoms with Crippen LogP contribution >= 0.6 is 0 Å². The van der Waals surface area contributed by atoms with Crippen LogP contribution in [0.3, 0.4) is 0 Å². The van der Waals surface area contributed by atoms with E-state index in [1.54, 1.807) is 0 Å². The summed E-state index contributed by atoms with van der Waals surface area (Å²) in [6.07, 6.45) is 2.17. The van der Waals surface area contributed by atoms with Crippen LogP contribution in [-0.4, -0.2) is 21.8 Å². The fraction of sp³-hybridized carbons (Fsp3) is 0.900. The largest absolute Gasteiger partial charge is 0.479 e. The van der Waals surface area contributed by atoms with E-state index >= 15 is 0 Å². The first-order valence-electron chi connectivity index (χ1n) is 4.85. The standard InChI is InChI=1S/C10H16O3/c1-9(2)6-3-4-10(13,8(11)12)7(9)5-6/h6-7,13H,3-5H2,1-2H3,(H,11,12)/t6-,7+,10+/m0/s1. The molecule has 0 aromatic carbocycles.